The van der Waals surface area contributed by atoms with Crippen molar-refractivity contribution in [2.75, 3.05) is 13.1 Å². The lowest BCUT2D eigenvalue weighted by atomic mass is 10.1. The Labute approximate surface area is 75.6 Å². The normalized spacial score (nSPS) is 31.2. The predicted molar refractivity (Wildman–Crippen MR) is 51.2 cm³/mol. The van der Waals surface area contributed by atoms with Crippen molar-refractivity contribution in [1.29, 1.82) is 0 Å². The van der Waals surface area contributed by atoms with Crippen LogP contribution in [0, 0.1) is 0 Å². The van der Waals surface area contributed by atoms with Gasteiger partial charge in [-0.1, -0.05) is 20.3 Å². The van der Waals surface area contributed by atoms with E-state index in [9.17, 15) is 5.11 Å². The lowest BCUT2D eigenvalue weighted by Gasteiger charge is -2.22. The van der Waals surface area contributed by atoms with Crippen LogP contribution in [-0.4, -0.2) is 35.2 Å². The Morgan fingerprint density at radius 1 is 1.33 bits per heavy atom. The van der Waals surface area contributed by atoms with Crippen LogP contribution >= 0.6 is 0 Å². The third-order valence-corrected chi connectivity index (χ3v) is 2.64. The second kappa shape index (κ2) is 4.83. The van der Waals surface area contributed by atoms with Gasteiger partial charge in [-0.2, -0.15) is 0 Å². The number of hydrogen-bond acceptors (Lipinski definition) is 2. The molecule has 0 saturated carbocycles. The number of rotatable bonds is 4. The molecule has 0 spiro atoms. The summed E-state index contributed by atoms with van der Waals surface area (Å²) in [5.74, 6) is 0. The summed E-state index contributed by atoms with van der Waals surface area (Å²) in [6.45, 7) is 6.47. The first kappa shape index (κ1) is 10.0. The molecule has 2 nitrogen and oxygen atoms in total. The molecule has 2 unspecified atom stereocenters. The van der Waals surface area contributed by atoms with Gasteiger partial charge in [-0.05, 0) is 25.8 Å². The van der Waals surface area contributed by atoms with Crippen LogP contribution in [0.15, 0.2) is 0 Å². The van der Waals surface area contributed by atoms with Crippen molar-refractivity contribution in [2.45, 2.75) is 51.7 Å². The Kier molecular flexibility index (Phi) is 4.02. The monoisotopic (exact) mass is 171 g/mol. The minimum absolute atomic E-state index is 0.0619. The van der Waals surface area contributed by atoms with E-state index in [1.165, 1.54) is 19.3 Å². The smallest absolute Gasteiger partial charge is 0.0682 e. The van der Waals surface area contributed by atoms with Crippen molar-refractivity contribution in [2.24, 2.45) is 0 Å². The number of β-amino-alcohol motifs (C(OH)–C–C–N with tert-alkyl or cyclic N) is 1. The van der Waals surface area contributed by atoms with E-state index in [-0.39, 0.29) is 6.10 Å². The van der Waals surface area contributed by atoms with Gasteiger partial charge in [0.2, 0.25) is 0 Å². The van der Waals surface area contributed by atoms with E-state index in [2.05, 4.69) is 18.7 Å². The summed E-state index contributed by atoms with van der Waals surface area (Å²) in [5.41, 5.74) is 0. The van der Waals surface area contributed by atoms with Gasteiger partial charge in [-0.25, -0.2) is 0 Å². The number of hydrogen-bond donors (Lipinski definition) is 1. The van der Waals surface area contributed by atoms with Crippen LogP contribution in [0.1, 0.15) is 39.5 Å². The summed E-state index contributed by atoms with van der Waals surface area (Å²) in [7, 11) is 0. The van der Waals surface area contributed by atoms with Crippen LogP contribution in [0.3, 0.4) is 0 Å². The van der Waals surface area contributed by atoms with Crippen molar-refractivity contribution in [3.8, 4) is 0 Å². The molecule has 0 bridgehead atoms. The largest absolute Gasteiger partial charge is 0.392 e. The third-order valence-electron chi connectivity index (χ3n) is 2.64. The topological polar surface area (TPSA) is 23.5 Å². The predicted octanol–water partition coefficient (Wildman–Crippen LogP) is 1.63. The fraction of sp³-hybridized carbons (Fsp3) is 1.00. The summed E-state index contributed by atoms with van der Waals surface area (Å²) in [5, 5.41) is 9.48. The number of nitrogens with zero attached hydrogens (tertiary/aromatic N) is 1. The maximum atomic E-state index is 9.48. The molecule has 1 aliphatic rings. The molecule has 0 aromatic carbocycles. The zero-order valence-electron chi connectivity index (χ0n) is 8.29. The Hall–Kier alpha value is -0.0800. The van der Waals surface area contributed by atoms with Crippen molar-refractivity contribution in [3.05, 3.63) is 0 Å². The molecule has 12 heavy (non-hydrogen) atoms. The zero-order chi connectivity index (χ0) is 8.97. The Morgan fingerprint density at radius 3 is 2.67 bits per heavy atom. The molecule has 0 aromatic rings. The van der Waals surface area contributed by atoms with E-state index >= 15 is 0 Å². The van der Waals surface area contributed by atoms with Crippen molar-refractivity contribution in [1.82, 2.24) is 4.90 Å². The number of aliphatic hydroxyl groups is 1. The first-order valence-corrected chi connectivity index (χ1v) is 5.20. The molecule has 1 heterocycles. The maximum Gasteiger partial charge on any atom is 0.0682 e. The van der Waals surface area contributed by atoms with Gasteiger partial charge in [0.05, 0.1) is 6.10 Å². The first-order valence-electron chi connectivity index (χ1n) is 5.20. The molecule has 1 aliphatic heterocycles. The second-order valence-corrected chi connectivity index (χ2v) is 3.83. The van der Waals surface area contributed by atoms with Crippen LogP contribution < -0.4 is 0 Å². The van der Waals surface area contributed by atoms with Crippen LogP contribution in [0.2, 0.25) is 0 Å². The van der Waals surface area contributed by atoms with Gasteiger partial charge >= 0.3 is 0 Å². The first-order chi connectivity index (χ1) is 5.77. The molecule has 1 rings (SSSR count). The van der Waals surface area contributed by atoms with E-state index in [4.69, 9.17) is 0 Å². The average Bonchev–Trinajstić information content (AvgIpc) is 2.33. The molecule has 1 saturated heterocycles. The molecule has 1 N–H and O–H groups in total. The van der Waals surface area contributed by atoms with E-state index < -0.39 is 0 Å². The average molecular weight is 171 g/mol. The van der Waals surface area contributed by atoms with Crippen molar-refractivity contribution in [3.63, 3.8) is 0 Å². The van der Waals surface area contributed by atoms with E-state index in [1.54, 1.807) is 0 Å². The highest BCUT2D eigenvalue weighted by atomic mass is 16.3. The Morgan fingerprint density at radius 2 is 2.08 bits per heavy atom. The van der Waals surface area contributed by atoms with Gasteiger partial charge in [-0.3, -0.25) is 4.90 Å². The molecule has 0 amide bonds. The summed E-state index contributed by atoms with van der Waals surface area (Å²) in [6.07, 6.45) is 4.61. The molecule has 1 fully saturated rings. The zero-order valence-corrected chi connectivity index (χ0v) is 8.29. The minimum Gasteiger partial charge on any atom is -0.392 e. The third kappa shape index (κ3) is 2.46. The van der Waals surface area contributed by atoms with Gasteiger partial charge in [0.15, 0.2) is 0 Å². The molecule has 2 atom stereocenters. The number of aliphatic hydroxyl groups excluding tert-OH is 1. The SMILES string of the molecule is CCCC1CC(O)CN1CCC. The van der Waals surface area contributed by atoms with Crippen LogP contribution in [0.25, 0.3) is 0 Å². The summed E-state index contributed by atoms with van der Waals surface area (Å²) in [4.78, 5) is 2.44. The number of likely N-dealkylation sites (tertiary alicyclic amines) is 1. The highest BCUT2D eigenvalue weighted by Crippen LogP contribution is 2.21. The fourth-order valence-corrected chi connectivity index (χ4v) is 2.15. The van der Waals surface area contributed by atoms with Gasteiger partial charge in [0, 0.05) is 12.6 Å². The Balaban J connectivity index is 2.36. The van der Waals surface area contributed by atoms with E-state index in [1.807, 2.05) is 0 Å². The summed E-state index contributed by atoms with van der Waals surface area (Å²) >= 11 is 0. The van der Waals surface area contributed by atoms with Gasteiger partial charge in [0.25, 0.3) is 0 Å². The van der Waals surface area contributed by atoms with E-state index in [0.29, 0.717) is 6.04 Å². The van der Waals surface area contributed by atoms with Gasteiger partial charge in [-0.15, -0.1) is 0 Å². The summed E-state index contributed by atoms with van der Waals surface area (Å²) < 4.78 is 0. The maximum absolute atomic E-state index is 9.48. The molecule has 72 valence electrons. The quantitative estimate of drug-likeness (QED) is 0.695. The minimum atomic E-state index is -0.0619. The molecule has 0 aliphatic carbocycles. The second-order valence-electron chi connectivity index (χ2n) is 3.83. The molecular formula is C10H21NO. The van der Waals surface area contributed by atoms with Gasteiger partial charge in [0.1, 0.15) is 0 Å². The summed E-state index contributed by atoms with van der Waals surface area (Å²) in [6, 6.07) is 0.657. The van der Waals surface area contributed by atoms with Crippen molar-refractivity contribution >= 4 is 0 Å². The van der Waals surface area contributed by atoms with Crippen LogP contribution in [0.5, 0.6) is 0 Å². The van der Waals surface area contributed by atoms with Crippen LogP contribution in [-0.2, 0) is 0 Å². The van der Waals surface area contributed by atoms with Crippen molar-refractivity contribution < 1.29 is 5.11 Å². The molecular weight excluding hydrogens is 150 g/mol. The molecule has 0 aromatic heterocycles. The van der Waals surface area contributed by atoms with E-state index in [0.717, 1.165) is 19.5 Å². The lowest BCUT2D eigenvalue weighted by molar-refractivity contribution is 0.174. The fourth-order valence-electron chi connectivity index (χ4n) is 2.15. The Bertz CT molecular complexity index is 113. The standard InChI is InChI=1S/C10H21NO/c1-3-5-9-7-10(12)8-11(9)6-4-2/h9-10,12H,3-8H2,1-2H3. The highest BCUT2D eigenvalue weighted by Gasteiger charge is 2.28. The molecule has 2 heteroatoms. The highest BCUT2D eigenvalue weighted by molar-refractivity contribution is 4.84. The lowest BCUT2D eigenvalue weighted by Crippen LogP contribution is -2.30. The molecule has 0 radical (unpaired) electrons. The van der Waals surface area contributed by atoms with Gasteiger partial charge < -0.3 is 5.11 Å². The van der Waals surface area contributed by atoms with Crippen LogP contribution in [0.4, 0.5) is 0 Å².